The SMILES string of the molecule is COc1ccc(NS(=O)(=O)c2cccc(F)c2)cc1OC. The molecule has 112 valence electrons. The summed E-state index contributed by atoms with van der Waals surface area (Å²) >= 11 is 0. The van der Waals surface area contributed by atoms with E-state index < -0.39 is 15.8 Å². The van der Waals surface area contributed by atoms with Gasteiger partial charge < -0.3 is 9.47 Å². The van der Waals surface area contributed by atoms with Gasteiger partial charge in [0.15, 0.2) is 11.5 Å². The Labute approximate surface area is 122 Å². The number of methoxy groups -OCH3 is 2. The van der Waals surface area contributed by atoms with Gasteiger partial charge in [0.2, 0.25) is 0 Å². The van der Waals surface area contributed by atoms with E-state index in [4.69, 9.17) is 9.47 Å². The molecule has 0 saturated heterocycles. The molecule has 0 spiro atoms. The molecule has 0 aliphatic carbocycles. The summed E-state index contributed by atoms with van der Waals surface area (Å²) in [7, 11) is -0.939. The van der Waals surface area contributed by atoms with Gasteiger partial charge in [-0.15, -0.1) is 0 Å². The molecule has 0 aromatic heterocycles. The average molecular weight is 311 g/mol. The summed E-state index contributed by atoms with van der Waals surface area (Å²) < 4.78 is 50.0. The van der Waals surface area contributed by atoms with Crippen molar-refractivity contribution >= 4 is 15.7 Å². The van der Waals surface area contributed by atoms with Crippen molar-refractivity contribution in [1.29, 1.82) is 0 Å². The van der Waals surface area contributed by atoms with Crippen LogP contribution in [0.25, 0.3) is 0 Å². The van der Waals surface area contributed by atoms with Crippen molar-refractivity contribution in [2.75, 3.05) is 18.9 Å². The van der Waals surface area contributed by atoms with Gasteiger partial charge >= 0.3 is 0 Å². The highest BCUT2D eigenvalue weighted by molar-refractivity contribution is 7.92. The number of hydrogen-bond acceptors (Lipinski definition) is 4. The lowest BCUT2D eigenvalue weighted by molar-refractivity contribution is 0.355. The van der Waals surface area contributed by atoms with Crippen LogP contribution in [-0.2, 0) is 10.0 Å². The Morgan fingerprint density at radius 3 is 2.33 bits per heavy atom. The molecule has 0 aliphatic rings. The van der Waals surface area contributed by atoms with Crippen LogP contribution >= 0.6 is 0 Å². The largest absolute Gasteiger partial charge is 0.493 e. The molecule has 0 heterocycles. The lowest BCUT2D eigenvalue weighted by Gasteiger charge is -2.11. The molecule has 5 nitrogen and oxygen atoms in total. The van der Waals surface area contributed by atoms with E-state index in [1.807, 2.05) is 0 Å². The van der Waals surface area contributed by atoms with Crippen LogP contribution in [0, 0.1) is 5.82 Å². The summed E-state index contributed by atoms with van der Waals surface area (Å²) in [5.41, 5.74) is 0.289. The maximum absolute atomic E-state index is 13.1. The van der Waals surface area contributed by atoms with Crippen molar-refractivity contribution in [3.05, 3.63) is 48.3 Å². The Morgan fingerprint density at radius 1 is 1.00 bits per heavy atom. The van der Waals surface area contributed by atoms with Crippen molar-refractivity contribution in [2.45, 2.75) is 4.90 Å². The summed E-state index contributed by atoms with van der Waals surface area (Å²) in [6, 6.07) is 9.35. The zero-order valence-electron chi connectivity index (χ0n) is 11.5. The van der Waals surface area contributed by atoms with Crippen LogP contribution in [0.2, 0.25) is 0 Å². The molecule has 7 heteroatoms. The van der Waals surface area contributed by atoms with E-state index in [1.54, 1.807) is 6.07 Å². The predicted octanol–water partition coefficient (Wildman–Crippen LogP) is 2.64. The number of hydrogen-bond donors (Lipinski definition) is 1. The quantitative estimate of drug-likeness (QED) is 0.922. The molecule has 0 bridgehead atoms. The standard InChI is InChI=1S/C14H14FNO4S/c1-19-13-7-6-11(9-14(13)20-2)16-21(17,18)12-5-3-4-10(15)8-12/h3-9,16H,1-2H3. The normalized spacial score (nSPS) is 11.0. The number of ether oxygens (including phenoxy) is 2. The van der Waals surface area contributed by atoms with E-state index in [-0.39, 0.29) is 10.6 Å². The van der Waals surface area contributed by atoms with Gasteiger partial charge in [0.25, 0.3) is 10.0 Å². The fourth-order valence-corrected chi connectivity index (χ4v) is 2.83. The molecule has 0 amide bonds. The van der Waals surface area contributed by atoms with Crippen molar-refractivity contribution < 1.29 is 22.3 Å². The number of sulfonamides is 1. The Balaban J connectivity index is 2.33. The van der Waals surface area contributed by atoms with Gasteiger partial charge in [-0.1, -0.05) is 6.07 Å². The minimum absolute atomic E-state index is 0.155. The first-order valence-electron chi connectivity index (χ1n) is 5.96. The van der Waals surface area contributed by atoms with Gasteiger partial charge in [-0.05, 0) is 30.3 Å². The first kappa shape index (κ1) is 15.1. The van der Waals surface area contributed by atoms with E-state index in [1.165, 1.54) is 44.6 Å². The maximum atomic E-state index is 13.1. The van der Waals surface area contributed by atoms with Gasteiger partial charge in [0.1, 0.15) is 5.82 Å². The lowest BCUT2D eigenvalue weighted by atomic mass is 10.3. The molecular weight excluding hydrogens is 297 g/mol. The van der Waals surface area contributed by atoms with E-state index in [9.17, 15) is 12.8 Å². The Kier molecular flexibility index (Phi) is 4.32. The summed E-state index contributed by atoms with van der Waals surface area (Å²) in [5, 5.41) is 0. The molecule has 2 rings (SSSR count). The van der Waals surface area contributed by atoms with E-state index in [0.29, 0.717) is 11.5 Å². The first-order valence-corrected chi connectivity index (χ1v) is 7.45. The van der Waals surface area contributed by atoms with Crippen LogP contribution in [0.3, 0.4) is 0 Å². The summed E-state index contributed by atoms with van der Waals surface area (Å²) in [4.78, 5) is -0.155. The average Bonchev–Trinajstić information content (AvgIpc) is 2.46. The van der Waals surface area contributed by atoms with Crippen LogP contribution in [-0.4, -0.2) is 22.6 Å². The molecule has 0 atom stereocenters. The van der Waals surface area contributed by atoms with E-state index >= 15 is 0 Å². The van der Waals surface area contributed by atoms with Gasteiger partial charge in [-0.2, -0.15) is 0 Å². The molecular formula is C14H14FNO4S. The number of anilines is 1. The Hall–Kier alpha value is -2.28. The van der Waals surface area contributed by atoms with Gasteiger partial charge in [-0.25, -0.2) is 12.8 Å². The summed E-state index contributed by atoms with van der Waals surface area (Å²) in [6.45, 7) is 0. The highest BCUT2D eigenvalue weighted by Gasteiger charge is 2.16. The van der Waals surface area contributed by atoms with Gasteiger partial charge in [0, 0.05) is 6.07 Å². The van der Waals surface area contributed by atoms with Gasteiger partial charge in [0.05, 0.1) is 24.8 Å². The summed E-state index contributed by atoms with van der Waals surface area (Å²) in [6.07, 6.45) is 0. The number of nitrogens with one attached hydrogen (secondary N) is 1. The third-order valence-corrected chi connectivity index (χ3v) is 4.12. The van der Waals surface area contributed by atoms with Crippen molar-refractivity contribution in [1.82, 2.24) is 0 Å². The van der Waals surface area contributed by atoms with Crippen LogP contribution in [0.15, 0.2) is 47.4 Å². The molecule has 0 fully saturated rings. The minimum Gasteiger partial charge on any atom is -0.493 e. The van der Waals surface area contributed by atoms with Crippen molar-refractivity contribution in [2.24, 2.45) is 0 Å². The Bertz CT molecular complexity index is 746. The van der Waals surface area contributed by atoms with Crippen molar-refractivity contribution in [3.8, 4) is 11.5 Å². The van der Waals surface area contributed by atoms with Gasteiger partial charge in [-0.3, -0.25) is 4.72 Å². The Morgan fingerprint density at radius 2 is 1.71 bits per heavy atom. The molecule has 1 N–H and O–H groups in total. The van der Waals surface area contributed by atoms with E-state index in [0.717, 1.165) is 6.07 Å². The maximum Gasteiger partial charge on any atom is 0.261 e. The number of benzene rings is 2. The molecule has 0 unspecified atom stereocenters. The highest BCUT2D eigenvalue weighted by atomic mass is 32.2. The second kappa shape index (κ2) is 6.01. The topological polar surface area (TPSA) is 64.6 Å². The predicted molar refractivity (Wildman–Crippen MR) is 76.8 cm³/mol. The molecule has 2 aromatic carbocycles. The third-order valence-electron chi connectivity index (χ3n) is 2.74. The first-order chi connectivity index (χ1) is 9.96. The van der Waals surface area contributed by atoms with Crippen LogP contribution in [0.4, 0.5) is 10.1 Å². The minimum atomic E-state index is -3.87. The molecule has 21 heavy (non-hydrogen) atoms. The third kappa shape index (κ3) is 3.43. The fourth-order valence-electron chi connectivity index (χ4n) is 1.75. The molecule has 2 aromatic rings. The highest BCUT2D eigenvalue weighted by Crippen LogP contribution is 2.30. The summed E-state index contributed by atoms with van der Waals surface area (Å²) in [5.74, 6) is 0.244. The van der Waals surface area contributed by atoms with Crippen LogP contribution in [0.1, 0.15) is 0 Å². The zero-order chi connectivity index (χ0) is 15.5. The second-order valence-electron chi connectivity index (χ2n) is 4.13. The molecule has 0 saturated carbocycles. The zero-order valence-corrected chi connectivity index (χ0v) is 12.3. The second-order valence-corrected chi connectivity index (χ2v) is 5.82. The monoisotopic (exact) mass is 311 g/mol. The number of rotatable bonds is 5. The molecule has 0 radical (unpaired) electrons. The smallest absolute Gasteiger partial charge is 0.261 e. The van der Waals surface area contributed by atoms with Crippen LogP contribution < -0.4 is 14.2 Å². The lowest BCUT2D eigenvalue weighted by Crippen LogP contribution is -2.13. The van der Waals surface area contributed by atoms with E-state index in [2.05, 4.69) is 4.72 Å². The number of halogens is 1. The fraction of sp³-hybridized carbons (Fsp3) is 0.143. The van der Waals surface area contributed by atoms with Crippen molar-refractivity contribution in [3.63, 3.8) is 0 Å². The van der Waals surface area contributed by atoms with Crippen LogP contribution in [0.5, 0.6) is 11.5 Å². The molecule has 0 aliphatic heterocycles.